The lowest BCUT2D eigenvalue weighted by Gasteiger charge is -2.36. The van der Waals surface area contributed by atoms with E-state index in [1.165, 1.54) is 11.1 Å². The predicted octanol–water partition coefficient (Wildman–Crippen LogP) is 3.28. The van der Waals surface area contributed by atoms with Crippen LogP contribution in [0.1, 0.15) is 36.5 Å². The highest BCUT2D eigenvalue weighted by atomic mass is 16.5. The summed E-state index contributed by atoms with van der Waals surface area (Å²) in [6, 6.07) is 12.5. The van der Waals surface area contributed by atoms with Gasteiger partial charge in [0.2, 0.25) is 11.8 Å². The van der Waals surface area contributed by atoms with E-state index in [9.17, 15) is 4.79 Å². The predicted molar refractivity (Wildman–Crippen MR) is 109 cm³/mol. The van der Waals surface area contributed by atoms with Gasteiger partial charge in [0.15, 0.2) is 0 Å². The van der Waals surface area contributed by atoms with Crippen molar-refractivity contribution in [2.24, 2.45) is 5.92 Å². The molecule has 148 valence electrons. The van der Waals surface area contributed by atoms with Crippen LogP contribution in [-0.2, 0) is 24.3 Å². The van der Waals surface area contributed by atoms with E-state index in [0.29, 0.717) is 18.4 Å². The molecule has 2 aliphatic rings. The highest BCUT2D eigenvalue weighted by Gasteiger charge is 2.31. The first-order valence-electron chi connectivity index (χ1n) is 10.4. The van der Waals surface area contributed by atoms with E-state index < -0.39 is 0 Å². The van der Waals surface area contributed by atoms with Gasteiger partial charge in [-0.25, -0.2) is 4.98 Å². The second kappa shape index (κ2) is 8.74. The molecule has 1 saturated heterocycles. The van der Waals surface area contributed by atoms with Gasteiger partial charge in [-0.15, -0.1) is 0 Å². The zero-order valence-corrected chi connectivity index (χ0v) is 16.6. The number of hydrogen-bond acceptors (Lipinski definition) is 4. The van der Waals surface area contributed by atoms with Crippen molar-refractivity contribution in [2.45, 2.75) is 39.3 Å². The molecular formula is C23H29N3O2. The summed E-state index contributed by atoms with van der Waals surface area (Å²) in [5, 5.41) is 0. The van der Waals surface area contributed by atoms with Gasteiger partial charge in [0.25, 0.3) is 0 Å². The van der Waals surface area contributed by atoms with Crippen LogP contribution in [0.15, 0.2) is 42.6 Å². The lowest BCUT2D eigenvalue weighted by Crippen LogP contribution is -2.46. The minimum Gasteiger partial charge on any atom is -0.478 e. The van der Waals surface area contributed by atoms with Gasteiger partial charge in [0, 0.05) is 37.9 Å². The van der Waals surface area contributed by atoms with E-state index in [4.69, 9.17) is 4.74 Å². The van der Waals surface area contributed by atoms with Crippen LogP contribution >= 0.6 is 0 Å². The van der Waals surface area contributed by atoms with Crippen molar-refractivity contribution in [3.05, 3.63) is 59.3 Å². The first kappa shape index (κ1) is 18.9. The third-order valence-electron chi connectivity index (χ3n) is 5.82. The van der Waals surface area contributed by atoms with Crippen molar-refractivity contribution in [1.82, 2.24) is 14.8 Å². The van der Waals surface area contributed by atoms with Gasteiger partial charge in [0.05, 0.1) is 12.5 Å². The number of rotatable bonds is 5. The second-order valence-corrected chi connectivity index (χ2v) is 7.75. The Labute approximate surface area is 167 Å². The zero-order chi connectivity index (χ0) is 19.3. The molecule has 5 nitrogen and oxygen atoms in total. The molecule has 1 amide bonds. The van der Waals surface area contributed by atoms with Gasteiger partial charge in [-0.2, -0.15) is 0 Å². The number of aromatic nitrogens is 1. The second-order valence-electron chi connectivity index (χ2n) is 7.75. The van der Waals surface area contributed by atoms with Crippen LogP contribution in [0, 0.1) is 5.92 Å². The molecule has 3 heterocycles. The number of benzene rings is 1. The van der Waals surface area contributed by atoms with E-state index in [1.54, 1.807) is 6.20 Å². The van der Waals surface area contributed by atoms with Gasteiger partial charge >= 0.3 is 0 Å². The maximum absolute atomic E-state index is 13.2. The summed E-state index contributed by atoms with van der Waals surface area (Å²) < 4.78 is 5.67. The molecule has 0 spiro atoms. The number of nitrogens with zero attached hydrogens (tertiary/aromatic N) is 3. The molecule has 1 aromatic carbocycles. The van der Waals surface area contributed by atoms with E-state index >= 15 is 0 Å². The molecule has 2 aromatic rings. The van der Waals surface area contributed by atoms with Crippen molar-refractivity contribution in [2.75, 3.05) is 26.2 Å². The standard InChI is InChI=1S/C23H29N3O2/c1-2-28-22-20(9-5-12-24-22)15-25-13-6-10-21(16-25)23(27)26-14-11-18-7-3-4-8-19(18)17-26/h3-5,7-9,12,21H,2,6,10-11,13-17H2,1H3. The molecule has 1 unspecified atom stereocenters. The molecule has 0 bridgehead atoms. The summed E-state index contributed by atoms with van der Waals surface area (Å²) >= 11 is 0. The third-order valence-corrected chi connectivity index (χ3v) is 5.82. The average Bonchev–Trinajstić information content (AvgIpc) is 2.75. The third kappa shape index (κ3) is 4.20. The van der Waals surface area contributed by atoms with E-state index in [-0.39, 0.29) is 5.92 Å². The fourth-order valence-corrected chi connectivity index (χ4v) is 4.39. The Morgan fingerprint density at radius 2 is 2.04 bits per heavy atom. The Kier molecular flexibility index (Phi) is 5.91. The molecule has 0 radical (unpaired) electrons. The fourth-order valence-electron chi connectivity index (χ4n) is 4.39. The summed E-state index contributed by atoms with van der Waals surface area (Å²) in [5.41, 5.74) is 3.78. The van der Waals surface area contributed by atoms with Crippen LogP contribution in [0.3, 0.4) is 0 Å². The largest absolute Gasteiger partial charge is 0.478 e. The lowest BCUT2D eigenvalue weighted by atomic mass is 9.93. The molecule has 4 rings (SSSR count). The first-order valence-corrected chi connectivity index (χ1v) is 10.4. The van der Waals surface area contributed by atoms with Gasteiger partial charge in [0.1, 0.15) is 0 Å². The highest BCUT2D eigenvalue weighted by molar-refractivity contribution is 5.79. The summed E-state index contributed by atoms with van der Waals surface area (Å²) in [4.78, 5) is 22.0. The SMILES string of the molecule is CCOc1ncccc1CN1CCCC(C(=O)N2CCc3ccccc3C2)C1. The normalized spacial score (nSPS) is 19.9. The van der Waals surface area contributed by atoms with Crippen LogP contribution in [0.25, 0.3) is 0 Å². The molecule has 2 aliphatic heterocycles. The number of amides is 1. The number of ether oxygens (including phenoxy) is 1. The van der Waals surface area contributed by atoms with Crippen LogP contribution < -0.4 is 4.74 Å². The Balaban J connectivity index is 1.39. The number of piperidine rings is 1. The zero-order valence-electron chi connectivity index (χ0n) is 16.6. The minimum atomic E-state index is 0.0891. The topological polar surface area (TPSA) is 45.7 Å². The monoisotopic (exact) mass is 379 g/mol. The molecule has 1 atom stereocenters. The maximum Gasteiger partial charge on any atom is 0.227 e. The van der Waals surface area contributed by atoms with Crippen LogP contribution in [0.5, 0.6) is 5.88 Å². The van der Waals surface area contributed by atoms with Gasteiger partial charge in [-0.1, -0.05) is 30.3 Å². The van der Waals surface area contributed by atoms with Crippen LogP contribution in [-0.4, -0.2) is 46.9 Å². The average molecular weight is 380 g/mol. The van der Waals surface area contributed by atoms with Crippen LogP contribution in [0.4, 0.5) is 0 Å². The van der Waals surface area contributed by atoms with Gasteiger partial charge in [-0.3, -0.25) is 9.69 Å². The quantitative estimate of drug-likeness (QED) is 0.800. The molecule has 0 saturated carbocycles. The molecule has 28 heavy (non-hydrogen) atoms. The van der Waals surface area contributed by atoms with Crippen molar-refractivity contribution in [1.29, 1.82) is 0 Å². The van der Waals surface area contributed by atoms with Gasteiger partial charge in [-0.05, 0) is 49.9 Å². The fraction of sp³-hybridized carbons (Fsp3) is 0.478. The summed E-state index contributed by atoms with van der Waals surface area (Å²) in [6.45, 7) is 6.80. The molecule has 0 aliphatic carbocycles. The van der Waals surface area contributed by atoms with Crippen molar-refractivity contribution in [3.8, 4) is 5.88 Å². The molecule has 0 N–H and O–H groups in total. The van der Waals surface area contributed by atoms with Crippen molar-refractivity contribution in [3.63, 3.8) is 0 Å². The number of carbonyl (C=O) groups is 1. The Morgan fingerprint density at radius 1 is 1.18 bits per heavy atom. The molecule has 1 aromatic heterocycles. The van der Waals surface area contributed by atoms with Crippen molar-refractivity contribution < 1.29 is 9.53 Å². The van der Waals surface area contributed by atoms with E-state index in [1.807, 2.05) is 13.0 Å². The Morgan fingerprint density at radius 3 is 2.89 bits per heavy atom. The summed E-state index contributed by atoms with van der Waals surface area (Å²) in [7, 11) is 0. The van der Waals surface area contributed by atoms with Crippen molar-refractivity contribution >= 4 is 5.91 Å². The summed E-state index contributed by atoms with van der Waals surface area (Å²) in [6.07, 6.45) is 4.78. The smallest absolute Gasteiger partial charge is 0.227 e. The number of fused-ring (bicyclic) bond motifs is 1. The Hall–Kier alpha value is -2.40. The number of likely N-dealkylation sites (tertiary alicyclic amines) is 1. The minimum absolute atomic E-state index is 0.0891. The molecule has 1 fully saturated rings. The highest BCUT2D eigenvalue weighted by Crippen LogP contribution is 2.26. The molecular weight excluding hydrogens is 350 g/mol. The first-order chi connectivity index (χ1) is 13.7. The Bertz CT molecular complexity index is 823. The van der Waals surface area contributed by atoms with Crippen LogP contribution in [0.2, 0.25) is 0 Å². The number of hydrogen-bond donors (Lipinski definition) is 0. The number of carbonyl (C=O) groups excluding carboxylic acids is 1. The van der Waals surface area contributed by atoms with E-state index in [0.717, 1.165) is 57.5 Å². The van der Waals surface area contributed by atoms with E-state index in [2.05, 4.69) is 45.1 Å². The summed E-state index contributed by atoms with van der Waals surface area (Å²) in [5.74, 6) is 1.12. The lowest BCUT2D eigenvalue weighted by molar-refractivity contribution is -0.138. The number of pyridine rings is 1. The maximum atomic E-state index is 13.2. The van der Waals surface area contributed by atoms with Gasteiger partial charge < -0.3 is 9.64 Å². The molecule has 5 heteroatoms.